The lowest BCUT2D eigenvalue weighted by Gasteiger charge is -2.27. The van der Waals surface area contributed by atoms with Crippen LogP contribution >= 0.6 is 7.82 Å². The van der Waals surface area contributed by atoms with Gasteiger partial charge in [0.1, 0.15) is 12.2 Å². The first kappa shape index (κ1) is 23.3. The number of hydrogen-bond acceptors (Lipinski definition) is 10. The van der Waals surface area contributed by atoms with Crippen LogP contribution in [0.4, 0.5) is 0 Å². The van der Waals surface area contributed by atoms with Gasteiger partial charge >= 0.3 is 13.8 Å². The Hall–Kier alpha value is -1.97. The fourth-order valence-electron chi connectivity index (χ4n) is 2.90. The summed E-state index contributed by atoms with van der Waals surface area (Å²) in [6.45, 7) is 4.77. The predicted octanol–water partition coefficient (Wildman–Crippen LogP) is 2.40. The van der Waals surface area contributed by atoms with Gasteiger partial charge in [0.05, 0.1) is 6.61 Å². The van der Waals surface area contributed by atoms with Crippen molar-refractivity contribution >= 4 is 19.6 Å². The number of Topliss-reactive ketones (excluding diaryl/α,β-unsaturated/α-hetero) is 1. The summed E-state index contributed by atoms with van der Waals surface area (Å²) >= 11 is 0. The van der Waals surface area contributed by atoms with E-state index in [2.05, 4.69) is 4.74 Å². The number of esters is 1. The lowest BCUT2D eigenvalue weighted by atomic mass is 9.89. The van der Waals surface area contributed by atoms with Crippen molar-refractivity contribution in [2.24, 2.45) is 0 Å². The van der Waals surface area contributed by atoms with Gasteiger partial charge in [-0.3, -0.25) is 18.4 Å². The Morgan fingerprint density at radius 2 is 2.00 bits per heavy atom. The molecule has 0 aromatic rings. The smallest absolute Gasteiger partial charge is 0.475 e. The molecule has 10 nitrogen and oxygen atoms in total. The first-order valence-electron chi connectivity index (χ1n) is 8.87. The number of phosphoric ester groups is 1. The van der Waals surface area contributed by atoms with Crippen LogP contribution in [0.5, 0.6) is 0 Å². The zero-order valence-electron chi connectivity index (χ0n) is 16.6. The van der Waals surface area contributed by atoms with E-state index in [1.165, 1.54) is 0 Å². The second kappa shape index (κ2) is 9.23. The van der Waals surface area contributed by atoms with E-state index in [1.54, 1.807) is 6.92 Å². The molecule has 2 rings (SSSR count). The van der Waals surface area contributed by atoms with E-state index in [-0.39, 0.29) is 12.2 Å². The van der Waals surface area contributed by atoms with Gasteiger partial charge in [0.15, 0.2) is 17.6 Å². The molecule has 0 bridgehead atoms. The van der Waals surface area contributed by atoms with Crippen molar-refractivity contribution in [2.45, 2.75) is 51.9 Å². The molecule has 0 spiro atoms. The number of ether oxygens (including phenoxy) is 1. The van der Waals surface area contributed by atoms with Crippen LogP contribution in [0.15, 0.2) is 34.3 Å². The summed E-state index contributed by atoms with van der Waals surface area (Å²) in [6, 6.07) is 0. The molecule has 2 aliphatic rings. The lowest BCUT2D eigenvalue weighted by molar-refractivity contribution is -0.147. The number of aliphatic hydroxyl groups excluding tert-OH is 3. The van der Waals surface area contributed by atoms with E-state index in [0.717, 1.165) is 18.3 Å². The van der Waals surface area contributed by atoms with Gasteiger partial charge in [-0.1, -0.05) is 11.6 Å². The minimum atomic E-state index is -4.24. The molecule has 0 saturated carbocycles. The highest BCUT2D eigenvalue weighted by Gasteiger charge is 2.42. The van der Waals surface area contributed by atoms with Gasteiger partial charge in [-0.2, -0.15) is 0 Å². The number of aliphatic hydroxyl groups is 3. The van der Waals surface area contributed by atoms with Gasteiger partial charge in [-0.15, -0.1) is 0 Å². The molecule has 11 heteroatoms. The summed E-state index contributed by atoms with van der Waals surface area (Å²) in [5, 5.41) is 28.9. The van der Waals surface area contributed by atoms with Crippen molar-refractivity contribution in [2.75, 3.05) is 13.7 Å². The fraction of sp³-hybridized carbons (Fsp3) is 0.556. The van der Waals surface area contributed by atoms with Crippen molar-refractivity contribution in [3.8, 4) is 0 Å². The molecule has 2 unspecified atom stereocenters. The van der Waals surface area contributed by atoms with Crippen molar-refractivity contribution in [1.29, 1.82) is 0 Å². The van der Waals surface area contributed by atoms with Gasteiger partial charge in [0.25, 0.3) is 0 Å². The fourth-order valence-corrected chi connectivity index (χ4v) is 4.00. The quantitative estimate of drug-likeness (QED) is 0.385. The molecular weight excluding hydrogens is 407 g/mol. The van der Waals surface area contributed by atoms with Crippen LogP contribution in [0.3, 0.4) is 0 Å². The standard InChI is InChI=1S/C18H25O10P/c1-9(2)7-11-5-6-13(14(20)10(11)3)28-29(24,25-4)26-8-12(19)17-15(21)16(22)18(23)27-17/h7,12-13,17,19,21-22H,5-6,8H2,1-4H3/t12-,13?,17+,29?/m0/s1. The maximum atomic E-state index is 12.7. The molecule has 162 valence electrons. The Labute approximate surface area is 168 Å². The third-order valence-corrected chi connectivity index (χ3v) is 5.88. The van der Waals surface area contributed by atoms with Crippen molar-refractivity contribution in [3.63, 3.8) is 0 Å². The van der Waals surface area contributed by atoms with Crippen LogP contribution in [-0.4, -0.2) is 59.1 Å². The molecule has 0 amide bonds. The first-order valence-corrected chi connectivity index (χ1v) is 10.3. The predicted molar refractivity (Wildman–Crippen MR) is 100.0 cm³/mol. The van der Waals surface area contributed by atoms with E-state index in [0.29, 0.717) is 12.0 Å². The highest BCUT2D eigenvalue weighted by atomic mass is 31.2. The summed E-state index contributed by atoms with van der Waals surface area (Å²) in [7, 11) is -3.19. The highest BCUT2D eigenvalue weighted by molar-refractivity contribution is 7.48. The monoisotopic (exact) mass is 432 g/mol. The van der Waals surface area contributed by atoms with Gasteiger partial charge in [0, 0.05) is 7.11 Å². The van der Waals surface area contributed by atoms with Crippen LogP contribution in [0.25, 0.3) is 0 Å². The molecule has 0 radical (unpaired) electrons. The maximum Gasteiger partial charge on any atom is 0.475 e. The van der Waals surface area contributed by atoms with Crippen LogP contribution < -0.4 is 0 Å². The van der Waals surface area contributed by atoms with E-state index in [9.17, 15) is 29.5 Å². The van der Waals surface area contributed by atoms with E-state index < -0.39 is 50.2 Å². The first-order chi connectivity index (χ1) is 13.5. The minimum absolute atomic E-state index is 0.270. The number of cyclic esters (lactones) is 1. The third-order valence-electron chi connectivity index (χ3n) is 4.45. The Bertz CT molecular complexity index is 820. The summed E-state index contributed by atoms with van der Waals surface area (Å²) < 4.78 is 32.4. The molecule has 0 aromatic heterocycles. The number of carbonyl (C=O) groups is 2. The minimum Gasteiger partial charge on any atom is -0.505 e. The van der Waals surface area contributed by atoms with E-state index >= 15 is 0 Å². The number of rotatable bonds is 8. The zero-order valence-corrected chi connectivity index (χ0v) is 17.5. The lowest BCUT2D eigenvalue weighted by Crippen LogP contribution is -2.33. The Kier molecular flexibility index (Phi) is 7.42. The van der Waals surface area contributed by atoms with Gasteiger partial charge in [-0.25, -0.2) is 9.36 Å². The Balaban J connectivity index is 2.03. The maximum absolute atomic E-state index is 12.7. The summed E-state index contributed by atoms with van der Waals surface area (Å²) in [6.07, 6.45) is -1.58. The number of hydrogen-bond donors (Lipinski definition) is 3. The highest BCUT2D eigenvalue weighted by Crippen LogP contribution is 2.51. The number of ketones is 1. The van der Waals surface area contributed by atoms with Crippen LogP contribution in [0.2, 0.25) is 0 Å². The average Bonchev–Trinajstić information content (AvgIpc) is 2.93. The van der Waals surface area contributed by atoms with Crippen LogP contribution in [0.1, 0.15) is 33.6 Å². The summed E-state index contributed by atoms with van der Waals surface area (Å²) in [5.74, 6) is -3.45. The van der Waals surface area contributed by atoms with Crippen LogP contribution in [0, 0.1) is 0 Å². The van der Waals surface area contributed by atoms with Gasteiger partial charge in [0.2, 0.25) is 5.76 Å². The van der Waals surface area contributed by atoms with Crippen molar-refractivity contribution in [3.05, 3.63) is 34.3 Å². The van der Waals surface area contributed by atoms with E-state index in [1.807, 2.05) is 19.9 Å². The molecule has 3 N–H and O–H groups in total. The topological polar surface area (TPSA) is 149 Å². The molecule has 1 aliphatic carbocycles. The second-order valence-corrected chi connectivity index (χ2v) is 8.65. The normalized spacial score (nSPS) is 25.7. The molecule has 1 heterocycles. The average molecular weight is 432 g/mol. The van der Waals surface area contributed by atoms with E-state index in [4.69, 9.17) is 13.6 Å². The number of allylic oxidation sites excluding steroid dienone is 3. The molecule has 1 aliphatic heterocycles. The molecule has 29 heavy (non-hydrogen) atoms. The molecule has 0 fully saturated rings. The SMILES string of the molecule is COP(=O)(OC[C@H](O)[C@H]1OC(=O)C(O)=C1O)OC1CCC(C=C(C)C)=C(C)C1=O. The van der Waals surface area contributed by atoms with Crippen molar-refractivity contribution < 1.29 is 47.8 Å². The molecule has 0 aromatic carbocycles. The van der Waals surface area contributed by atoms with Crippen LogP contribution in [-0.2, 0) is 32.5 Å². The molecule has 4 atom stereocenters. The third kappa shape index (κ3) is 5.34. The molecular formula is C18H25O10P. The second-order valence-electron chi connectivity index (χ2n) is 6.92. The Morgan fingerprint density at radius 3 is 2.52 bits per heavy atom. The number of carbonyl (C=O) groups excluding carboxylic acids is 2. The summed E-state index contributed by atoms with van der Waals surface area (Å²) in [5.41, 5.74) is 2.42. The zero-order chi connectivity index (χ0) is 21.9. The largest absolute Gasteiger partial charge is 0.505 e. The van der Waals surface area contributed by atoms with Crippen molar-refractivity contribution in [1.82, 2.24) is 0 Å². The van der Waals surface area contributed by atoms with Gasteiger partial charge < -0.3 is 20.1 Å². The molecule has 0 saturated heterocycles. The Morgan fingerprint density at radius 1 is 1.34 bits per heavy atom. The summed E-state index contributed by atoms with van der Waals surface area (Å²) in [4.78, 5) is 23.7. The number of phosphoric acid groups is 1. The van der Waals surface area contributed by atoms with Gasteiger partial charge in [-0.05, 0) is 44.8 Å².